The van der Waals surface area contributed by atoms with Crippen LogP contribution >= 0.6 is 15.9 Å². The summed E-state index contributed by atoms with van der Waals surface area (Å²) in [6, 6.07) is 5.30. The second-order valence-corrected chi connectivity index (χ2v) is 6.57. The molecule has 3 unspecified atom stereocenters. The summed E-state index contributed by atoms with van der Waals surface area (Å²) in [5, 5.41) is 14.5. The molecule has 2 rings (SSSR count). The summed E-state index contributed by atoms with van der Waals surface area (Å²) >= 11 is 3.28. The molecule has 0 saturated heterocycles. The van der Waals surface area contributed by atoms with E-state index in [2.05, 4.69) is 35.1 Å². The molecular formula is C15H21BrN2O3. The number of halogens is 1. The molecule has 1 aliphatic carbocycles. The van der Waals surface area contributed by atoms with Gasteiger partial charge in [-0.2, -0.15) is 0 Å². The van der Waals surface area contributed by atoms with Crippen LogP contribution in [0, 0.1) is 15.5 Å². The highest BCUT2D eigenvalue weighted by Crippen LogP contribution is 2.48. The van der Waals surface area contributed by atoms with Gasteiger partial charge in [0.05, 0.1) is 11.0 Å². The number of nitrogens with one attached hydrogen (secondary N) is 1. The van der Waals surface area contributed by atoms with Crippen molar-refractivity contribution in [1.82, 2.24) is 0 Å². The van der Waals surface area contributed by atoms with Crippen LogP contribution in [-0.4, -0.2) is 23.7 Å². The first-order valence-corrected chi connectivity index (χ1v) is 8.03. The lowest BCUT2D eigenvalue weighted by atomic mass is 9.61. The molecular weight excluding hydrogens is 336 g/mol. The minimum Gasteiger partial charge on any atom is -0.378 e. The zero-order chi connectivity index (χ0) is 15.6. The average molecular weight is 357 g/mol. The van der Waals surface area contributed by atoms with Crippen LogP contribution in [-0.2, 0) is 4.74 Å². The van der Waals surface area contributed by atoms with Crippen molar-refractivity contribution >= 4 is 27.3 Å². The molecule has 116 valence electrons. The van der Waals surface area contributed by atoms with Crippen molar-refractivity contribution in [2.75, 3.05) is 11.9 Å². The van der Waals surface area contributed by atoms with Crippen LogP contribution in [0.3, 0.4) is 0 Å². The van der Waals surface area contributed by atoms with Gasteiger partial charge in [-0.25, -0.2) is 0 Å². The molecule has 0 spiro atoms. The van der Waals surface area contributed by atoms with E-state index in [1.165, 1.54) is 6.07 Å². The van der Waals surface area contributed by atoms with Crippen molar-refractivity contribution < 1.29 is 9.66 Å². The van der Waals surface area contributed by atoms with E-state index in [4.69, 9.17) is 4.74 Å². The maximum absolute atomic E-state index is 11.2. The van der Waals surface area contributed by atoms with E-state index in [9.17, 15) is 10.1 Å². The summed E-state index contributed by atoms with van der Waals surface area (Å²) in [5.74, 6) is 0. The van der Waals surface area contributed by atoms with Crippen LogP contribution in [0.5, 0.6) is 0 Å². The summed E-state index contributed by atoms with van der Waals surface area (Å²) in [5.41, 5.74) is 0.683. The maximum atomic E-state index is 11.2. The second kappa shape index (κ2) is 6.32. The van der Waals surface area contributed by atoms with Crippen LogP contribution in [0.15, 0.2) is 22.7 Å². The third-order valence-corrected chi connectivity index (χ3v) is 5.09. The molecule has 21 heavy (non-hydrogen) atoms. The Balaban J connectivity index is 2.18. The Hall–Kier alpha value is -1.14. The molecule has 1 aromatic carbocycles. The zero-order valence-corrected chi connectivity index (χ0v) is 14.1. The lowest BCUT2D eigenvalue weighted by molar-refractivity contribution is -0.384. The third-order valence-electron chi connectivity index (χ3n) is 4.60. The van der Waals surface area contributed by atoms with Crippen LogP contribution in [0.2, 0.25) is 0 Å². The summed E-state index contributed by atoms with van der Waals surface area (Å²) < 4.78 is 6.47. The van der Waals surface area contributed by atoms with E-state index < -0.39 is 0 Å². The topological polar surface area (TPSA) is 64.4 Å². The summed E-state index contributed by atoms with van der Waals surface area (Å²) in [7, 11) is 0. The van der Waals surface area contributed by atoms with Crippen molar-refractivity contribution in [3.05, 3.63) is 32.8 Å². The molecule has 0 bridgehead atoms. The van der Waals surface area contributed by atoms with E-state index in [0.29, 0.717) is 16.8 Å². The Labute approximate surface area is 133 Å². The Morgan fingerprint density at radius 1 is 1.52 bits per heavy atom. The van der Waals surface area contributed by atoms with Gasteiger partial charge in [-0.1, -0.05) is 29.8 Å². The van der Waals surface area contributed by atoms with Crippen LogP contribution in [0.25, 0.3) is 0 Å². The average Bonchev–Trinajstić information content (AvgIpc) is 2.46. The second-order valence-electron chi connectivity index (χ2n) is 5.65. The van der Waals surface area contributed by atoms with Gasteiger partial charge in [0.1, 0.15) is 5.69 Å². The molecule has 6 heteroatoms. The molecule has 1 N–H and O–H groups in total. The molecule has 0 heterocycles. The highest BCUT2D eigenvalue weighted by Gasteiger charge is 2.51. The Bertz CT molecular complexity index is 538. The number of nitro benzene ring substituents is 1. The van der Waals surface area contributed by atoms with Crippen molar-refractivity contribution in [2.24, 2.45) is 5.41 Å². The fourth-order valence-corrected chi connectivity index (χ4v) is 3.29. The fraction of sp³-hybridized carbons (Fsp3) is 0.600. The highest BCUT2D eigenvalue weighted by molar-refractivity contribution is 9.10. The Morgan fingerprint density at radius 3 is 2.81 bits per heavy atom. The molecule has 0 aliphatic heterocycles. The fourth-order valence-electron chi connectivity index (χ4n) is 2.94. The van der Waals surface area contributed by atoms with Gasteiger partial charge < -0.3 is 10.1 Å². The molecule has 3 atom stereocenters. The number of hydrogen-bond donors (Lipinski definition) is 1. The normalized spacial score (nSPS) is 28.0. The van der Waals surface area contributed by atoms with E-state index in [0.717, 1.165) is 12.8 Å². The molecule has 1 aromatic rings. The largest absolute Gasteiger partial charge is 0.378 e. The highest BCUT2D eigenvalue weighted by atomic mass is 79.9. The first-order valence-electron chi connectivity index (χ1n) is 7.24. The summed E-state index contributed by atoms with van der Waals surface area (Å²) in [6.45, 7) is 7.01. The quantitative estimate of drug-likeness (QED) is 0.607. The van der Waals surface area contributed by atoms with Crippen LogP contribution < -0.4 is 5.32 Å². The lowest BCUT2D eigenvalue weighted by Gasteiger charge is -2.53. The summed E-state index contributed by atoms with van der Waals surface area (Å²) in [6.07, 6.45) is 2.07. The smallest absolute Gasteiger partial charge is 0.293 e. The van der Waals surface area contributed by atoms with Gasteiger partial charge in [0.25, 0.3) is 5.69 Å². The van der Waals surface area contributed by atoms with Crippen molar-refractivity contribution in [1.29, 1.82) is 0 Å². The number of anilines is 1. The lowest BCUT2D eigenvalue weighted by Crippen LogP contribution is -2.59. The van der Waals surface area contributed by atoms with Gasteiger partial charge in [0.15, 0.2) is 0 Å². The predicted octanol–water partition coefficient (Wildman–Crippen LogP) is 4.36. The number of benzene rings is 1. The van der Waals surface area contributed by atoms with Gasteiger partial charge in [-0.3, -0.25) is 10.1 Å². The zero-order valence-electron chi connectivity index (χ0n) is 12.6. The number of hydrogen-bond acceptors (Lipinski definition) is 4. The number of nitrogens with zero attached hydrogens (tertiary/aromatic N) is 1. The minimum absolute atomic E-state index is 0.0109. The monoisotopic (exact) mass is 356 g/mol. The molecule has 0 aromatic heterocycles. The standard InChI is InChI=1S/C15H21BrN2O3/c1-4-15(3)13(9-14(15)21-5-2)17-11-7-6-10(16)8-12(11)18(19)20/h6-8,13-14,17H,4-5,9H2,1-3H3. The Morgan fingerprint density at radius 2 is 2.24 bits per heavy atom. The number of rotatable bonds is 6. The molecule has 5 nitrogen and oxygen atoms in total. The van der Waals surface area contributed by atoms with E-state index in [1.807, 2.05) is 13.0 Å². The minimum atomic E-state index is -0.352. The SMILES string of the molecule is CCOC1CC(Nc2ccc(Br)cc2[N+](=O)[O-])C1(C)CC. The maximum Gasteiger partial charge on any atom is 0.293 e. The van der Waals surface area contributed by atoms with E-state index >= 15 is 0 Å². The molecule has 0 amide bonds. The van der Waals surface area contributed by atoms with E-state index in [-0.39, 0.29) is 28.2 Å². The third kappa shape index (κ3) is 3.06. The van der Waals surface area contributed by atoms with Crippen LogP contribution in [0.1, 0.15) is 33.6 Å². The predicted molar refractivity (Wildman–Crippen MR) is 86.6 cm³/mol. The van der Waals surface area contributed by atoms with Gasteiger partial charge in [-0.15, -0.1) is 0 Å². The van der Waals surface area contributed by atoms with Gasteiger partial charge in [-0.05, 0) is 31.9 Å². The first-order chi connectivity index (χ1) is 9.92. The van der Waals surface area contributed by atoms with Crippen molar-refractivity contribution in [2.45, 2.75) is 45.8 Å². The summed E-state index contributed by atoms with van der Waals surface area (Å²) in [4.78, 5) is 10.8. The Kier molecular flexibility index (Phi) is 4.88. The van der Waals surface area contributed by atoms with E-state index in [1.54, 1.807) is 6.07 Å². The first kappa shape index (κ1) is 16.2. The van der Waals surface area contributed by atoms with Gasteiger partial charge in [0, 0.05) is 28.6 Å². The van der Waals surface area contributed by atoms with Crippen molar-refractivity contribution in [3.63, 3.8) is 0 Å². The molecule has 1 fully saturated rings. The number of nitro groups is 1. The number of ether oxygens (including phenoxy) is 1. The molecule has 1 saturated carbocycles. The van der Waals surface area contributed by atoms with Gasteiger partial charge in [0.2, 0.25) is 0 Å². The van der Waals surface area contributed by atoms with Crippen LogP contribution in [0.4, 0.5) is 11.4 Å². The van der Waals surface area contributed by atoms with Gasteiger partial charge >= 0.3 is 0 Å². The molecule has 1 aliphatic rings. The molecule has 0 radical (unpaired) electrons. The van der Waals surface area contributed by atoms with Crippen molar-refractivity contribution in [3.8, 4) is 0 Å².